The van der Waals surface area contributed by atoms with E-state index in [0.29, 0.717) is 11.8 Å². The first-order valence-corrected chi connectivity index (χ1v) is 5.98. The van der Waals surface area contributed by atoms with Crippen molar-refractivity contribution in [1.29, 1.82) is 0 Å². The summed E-state index contributed by atoms with van der Waals surface area (Å²) in [6.07, 6.45) is 3.04. The van der Waals surface area contributed by atoms with E-state index in [1.54, 1.807) is 0 Å². The molecule has 2 aromatic heterocycles. The zero-order valence-corrected chi connectivity index (χ0v) is 10.4. The molecule has 0 saturated heterocycles. The summed E-state index contributed by atoms with van der Waals surface area (Å²) >= 11 is 0. The summed E-state index contributed by atoms with van der Waals surface area (Å²) in [4.78, 5) is 4.37. The molecule has 16 heavy (non-hydrogen) atoms. The predicted molar refractivity (Wildman–Crippen MR) is 65.8 cm³/mol. The fourth-order valence-corrected chi connectivity index (χ4v) is 1.77. The molecule has 0 amide bonds. The van der Waals surface area contributed by atoms with E-state index in [0.717, 1.165) is 17.8 Å². The lowest BCUT2D eigenvalue weighted by Gasteiger charge is -2.09. The number of nitrogens with zero attached hydrogens (tertiary/aromatic N) is 3. The lowest BCUT2D eigenvalue weighted by atomic mass is 10.1. The van der Waals surface area contributed by atoms with Gasteiger partial charge in [0, 0.05) is 0 Å². The highest BCUT2D eigenvalue weighted by Crippen LogP contribution is 2.19. The van der Waals surface area contributed by atoms with Crippen LogP contribution in [0.4, 0.5) is 0 Å². The zero-order valence-electron chi connectivity index (χ0n) is 10.4. The molecule has 1 atom stereocenters. The molecule has 0 aliphatic carbocycles. The Kier molecular flexibility index (Phi) is 2.95. The number of imidazole rings is 1. The molecule has 0 fully saturated rings. The lowest BCUT2D eigenvalue weighted by Crippen LogP contribution is -2.04. The Morgan fingerprint density at radius 2 is 2.00 bits per heavy atom. The molecule has 86 valence electrons. The molecule has 2 rings (SSSR count). The lowest BCUT2D eigenvalue weighted by molar-refractivity contribution is 0.664. The molecule has 3 heteroatoms. The molecule has 2 aromatic rings. The van der Waals surface area contributed by atoms with Crippen LogP contribution in [0.5, 0.6) is 0 Å². The minimum Gasteiger partial charge on any atom is -0.235 e. The van der Waals surface area contributed by atoms with Gasteiger partial charge in [-0.25, -0.2) is 9.50 Å². The van der Waals surface area contributed by atoms with Gasteiger partial charge in [0.15, 0.2) is 5.65 Å². The number of hydrogen-bond acceptors (Lipinski definition) is 2. The van der Waals surface area contributed by atoms with E-state index in [9.17, 15) is 0 Å². The molecule has 0 spiro atoms. The molecule has 0 saturated carbocycles. The van der Waals surface area contributed by atoms with E-state index in [2.05, 4.69) is 49.9 Å². The smallest absolute Gasteiger partial charge is 0.153 e. The van der Waals surface area contributed by atoms with Crippen LogP contribution in [0.15, 0.2) is 18.3 Å². The van der Waals surface area contributed by atoms with E-state index >= 15 is 0 Å². The normalized spacial score (nSPS) is 13.6. The van der Waals surface area contributed by atoms with Gasteiger partial charge in [-0.1, -0.05) is 27.7 Å². The summed E-state index contributed by atoms with van der Waals surface area (Å²) in [5.41, 5.74) is 3.27. The van der Waals surface area contributed by atoms with Crippen molar-refractivity contribution < 1.29 is 0 Å². The Balaban J connectivity index is 2.54. The van der Waals surface area contributed by atoms with Gasteiger partial charge in [-0.2, -0.15) is 5.10 Å². The van der Waals surface area contributed by atoms with Crippen LogP contribution in [0, 0.1) is 0 Å². The third-order valence-corrected chi connectivity index (χ3v) is 3.12. The van der Waals surface area contributed by atoms with Crippen LogP contribution in [0.1, 0.15) is 57.3 Å². The molecule has 0 N–H and O–H groups in total. The molecule has 0 aliphatic rings. The fourth-order valence-electron chi connectivity index (χ4n) is 1.77. The number of aromatic nitrogens is 3. The van der Waals surface area contributed by atoms with E-state index in [1.807, 2.05) is 10.7 Å². The third-order valence-electron chi connectivity index (χ3n) is 3.12. The van der Waals surface area contributed by atoms with E-state index in [-0.39, 0.29) is 0 Å². The Morgan fingerprint density at radius 3 is 2.62 bits per heavy atom. The van der Waals surface area contributed by atoms with Crippen molar-refractivity contribution in [1.82, 2.24) is 14.6 Å². The van der Waals surface area contributed by atoms with Crippen LogP contribution in [-0.4, -0.2) is 14.6 Å². The third kappa shape index (κ3) is 1.82. The van der Waals surface area contributed by atoms with Crippen LogP contribution >= 0.6 is 0 Å². The summed E-state index contributed by atoms with van der Waals surface area (Å²) in [5, 5.41) is 4.68. The monoisotopic (exact) mass is 217 g/mol. The largest absolute Gasteiger partial charge is 0.235 e. The first-order chi connectivity index (χ1) is 7.63. The molecule has 1 unspecified atom stereocenters. The van der Waals surface area contributed by atoms with Crippen molar-refractivity contribution in [3.8, 4) is 0 Å². The predicted octanol–water partition coefficient (Wildman–Crippen LogP) is 3.37. The van der Waals surface area contributed by atoms with Gasteiger partial charge in [0.25, 0.3) is 0 Å². The van der Waals surface area contributed by atoms with Crippen molar-refractivity contribution >= 4 is 5.65 Å². The van der Waals surface area contributed by atoms with Crippen LogP contribution in [0.25, 0.3) is 5.65 Å². The van der Waals surface area contributed by atoms with Gasteiger partial charge in [-0.3, -0.25) is 0 Å². The Labute approximate surface area is 96.5 Å². The minimum absolute atomic E-state index is 0.453. The average Bonchev–Trinajstić information content (AvgIpc) is 2.70. The summed E-state index contributed by atoms with van der Waals surface area (Å²) in [6, 6.07) is 4.14. The molecular weight excluding hydrogens is 198 g/mol. The zero-order chi connectivity index (χ0) is 11.7. The highest BCUT2D eigenvalue weighted by Gasteiger charge is 2.11. The Bertz CT molecular complexity index is 485. The van der Waals surface area contributed by atoms with Gasteiger partial charge in [0.05, 0.1) is 17.6 Å². The highest BCUT2D eigenvalue weighted by atomic mass is 15.3. The molecular formula is C13H19N3. The van der Waals surface area contributed by atoms with Crippen molar-refractivity contribution in [2.75, 3.05) is 0 Å². The Hall–Kier alpha value is -1.38. The topological polar surface area (TPSA) is 30.2 Å². The number of fused-ring (bicyclic) bond motifs is 1. The van der Waals surface area contributed by atoms with Gasteiger partial charge >= 0.3 is 0 Å². The minimum atomic E-state index is 0.453. The molecule has 2 heterocycles. The average molecular weight is 217 g/mol. The van der Waals surface area contributed by atoms with Gasteiger partial charge in [-0.05, 0) is 30.4 Å². The molecule has 0 bridgehead atoms. The molecule has 0 radical (unpaired) electrons. The van der Waals surface area contributed by atoms with Crippen molar-refractivity contribution in [3.63, 3.8) is 0 Å². The molecule has 3 nitrogen and oxygen atoms in total. The summed E-state index contributed by atoms with van der Waals surface area (Å²) in [6.45, 7) is 8.73. The number of hydrogen-bond donors (Lipinski definition) is 0. The second-order valence-electron chi connectivity index (χ2n) is 4.68. The molecule has 0 aliphatic heterocycles. The maximum Gasteiger partial charge on any atom is 0.153 e. The summed E-state index contributed by atoms with van der Waals surface area (Å²) in [7, 11) is 0. The standard InChI is InChI=1S/C13H19N3/c1-5-10(4)11-6-7-13-14-8-12(9(2)3)16(13)15-11/h6-10H,5H2,1-4H3. The fraction of sp³-hybridized carbons (Fsp3) is 0.538. The van der Waals surface area contributed by atoms with Crippen molar-refractivity contribution in [2.45, 2.75) is 46.0 Å². The van der Waals surface area contributed by atoms with E-state index in [1.165, 1.54) is 5.69 Å². The maximum absolute atomic E-state index is 4.68. The van der Waals surface area contributed by atoms with Gasteiger partial charge in [-0.15, -0.1) is 0 Å². The first-order valence-electron chi connectivity index (χ1n) is 5.98. The SMILES string of the molecule is CCC(C)c1ccc2ncc(C(C)C)n2n1. The Morgan fingerprint density at radius 1 is 1.25 bits per heavy atom. The van der Waals surface area contributed by atoms with Gasteiger partial charge in [0.2, 0.25) is 0 Å². The van der Waals surface area contributed by atoms with E-state index < -0.39 is 0 Å². The van der Waals surface area contributed by atoms with Crippen LogP contribution in [-0.2, 0) is 0 Å². The second-order valence-corrected chi connectivity index (χ2v) is 4.68. The molecule has 0 aromatic carbocycles. The highest BCUT2D eigenvalue weighted by molar-refractivity contribution is 5.39. The van der Waals surface area contributed by atoms with Gasteiger partial charge < -0.3 is 0 Å². The second kappa shape index (κ2) is 4.24. The number of rotatable bonds is 3. The summed E-state index contributed by atoms with van der Waals surface area (Å²) < 4.78 is 1.98. The maximum atomic E-state index is 4.68. The quantitative estimate of drug-likeness (QED) is 0.789. The van der Waals surface area contributed by atoms with Crippen LogP contribution < -0.4 is 0 Å². The van der Waals surface area contributed by atoms with Crippen molar-refractivity contribution in [2.24, 2.45) is 0 Å². The van der Waals surface area contributed by atoms with E-state index in [4.69, 9.17) is 0 Å². The first kappa shape index (κ1) is 11.1. The summed E-state index contributed by atoms with van der Waals surface area (Å²) in [5.74, 6) is 0.960. The van der Waals surface area contributed by atoms with Crippen molar-refractivity contribution in [3.05, 3.63) is 29.7 Å². The van der Waals surface area contributed by atoms with Crippen LogP contribution in [0.2, 0.25) is 0 Å². The van der Waals surface area contributed by atoms with Crippen LogP contribution in [0.3, 0.4) is 0 Å². The van der Waals surface area contributed by atoms with Gasteiger partial charge in [0.1, 0.15) is 0 Å².